The zero-order chi connectivity index (χ0) is 7.44. The van der Waals surface area contributed by atoms with Crippen LogP contribution in [0.15, 0.2) is 0 Å². The van der Waals surface area contributed by atoms with Gasteiger partial charge in [0, 0.05) is 0 Å². The predicted molar refractivity (Wildman–Crippen MR) is 35.3 cm³/mol. The summed E-state index contributed by atoms with van der Waals surface area (Å²) in [4.78, 5) is 10.2. The van der Waals surface area contributed by atoms with E-state index in [1.165, 1.54) is 0 Å². The maximum atomic E-state index is 10.2. The summed E-state index contributed by atoms with van der Waals surface area (Å²) in [7, 11) is 0. The highest BCUT2D eigenvalue weighted by molar-refractivity contribution is 6.34. The summed E-state index contributed by atoms with van der Waals surface area (Å²) >= 11 is 10.3. The Labute approximate surface area is 63.4 Å². The van der Waals surface area contributed by atoms with E-state index in [9.17, 15) is 4.79 Å². The van der Waals surface area contributed by atoms with Gasteiger partial charge in [0.05, 0.1) is 0 Å². The Balaban J connectivity index is 3.83. The normalized spacial score (nSPS) is 13.8. The van der Waals surface area contributed by atoms with Crippen LogP contribution in [0.3, 0.4) is 0 Å². The van der Waals surface area contributed by atoms with E-state index in [4.69, 9.17) is 28.7 Å². The molecule has 9 heavy (non-hydrogen) atoms. The minimum atomic E-state index is -1.01. The molecule has 0 rings (SSSR count). The number of carboxylic acids is 1. The molecule has 0 aliphatic heterocycles. The molecule has 0 fully saturated rings. The van der Waals surface area contributed by atoms with Crippen LogP contribution in [0.2, 0.25) is 0 Å². The standard InChI is InChI=1S/C4H7Cl2NO2/c1-2-3(4(8)9)7(5)6/h3H,2H2,1H3,(H,8,9). The molecule has 1 unspecified atom stereocenters. The molecule has 5 heteroatoms. The van der Waals surface area contributed by atoms with Gasteiger partial charge in [-0.15, -0.1) is 3.94 Å². The molecule has 0 bridgehead atoms. The van der Waals surface area contributed by atoms with Crippen molar-refractivity contribution in [3.63, 3.8) is 0 Å². The summed E-state index contributed by atoms with van der Waals surface area (Å²) in [5.41, 5.74) is 0. The third-order valence-electron chi connectivity index (χ3n) is 0.907. The lowest BCUT2D eigenvalue weighted by Crippen LogP contribution is -2.28. The number of hydrogen-bond donors (Lipinski definition) is 1. The predicted octanol–water partition coefficient (Wildman–Crippen LogP) is 1.46. The second-order valence-corrected chi connectivity index (χ2v) is 2.42. The first-order valence-electron chi connectivity index (χ1n) is 2.43. The van der Waals surface area contributed by atoms with Crippen molar-refractivity contribution >= 4 is 29.5 Å². The van der Waals surface area contributed by atoms with E-state index in [2.05, 4.69) is 0 Å². The van der Waals surface area contributed by atoms with Crippen LogP contribution in [-0.4, -0.2) is 21.1 Å². The number of aliphatic carboxylic acids is 1. The van der Waals surface area contributed by atoms with Crippen molar-refractivity contribution in [1.29, 1.82) is 0 Å². The SMILES string of the molecule is CCC(C(=O)O)N(Cl)Cl. The fraction of sp³-hybridized carbons (Fsp3) is 0.750. The molecule has 0 aliphatic rings. The first-order chi connectivity index (χ1) is 4.09. The molecule has 0 spiro atoms. The van der Waals surface area contributed by atoms with Gasteiger partial charge in [-0.25, -0.2) is 0 Å². The van der Waals surface area contributed by atoms with Gasteiger partial charge < -0.3 is 5.11 Å². The zero-order valence-electron chi connectivity index (χ0n) is 4.84. The van der Waals surface area contributed by atoms with Crippen molar-refractivity contribution in [3.8, 4) is 0 Å². The Bertz CT molecular complexity index is 107. The molecular formula is C4H7Cl2NO2. The second kappa shape index (κ2) is 3.93. The number of carboxylic acid groups (broad SMARTS) is 1. The van der Waals surface area contributed by atoms with Crippen molar-refractivity contribution in [2.24, 2.45) is 0 Å². The minimum Gasteiger partial charge on any atom is -0.480 e. The Hall–Kier alpha value is 0.01000. The van der Waals surface area contributed by atoms with Gasteiger partial charge >= 0.3 is 5.97 Å². The minimum absolute atomic E-state index is 0.391. The van der Waals surface area contributed by atoms with Gasteiger partial charge in [-0.3, -0.25) is 4.79 Å². The van der Waals surface area contributed by atoms with Gasteiger partial charge in [0.25, 0.3) is 0 Å². The third-order valence-corrected chi connectivity index (χ3v) is 1.38. The number of rotatable bonds is 3. The molecule has 0 saturated carbocycles. The summed E-state index contributed by atoms with van der Waals surface area (Å²) < 4.78 is 0.641. The molecule has 0 aliphatic carbocycles. The van der Waals surface area contributed by atoms with Gasteiger partial charge in [0.2, 0.25) is 0 Å². The van der Waals surface area contributed by atoms with E-state index in [-0.39, 0.29) is 0 Å². The third kappa shape index (κ3) is 2.89. The van der Waals surface area contributed by atoms with E-state index < -0.39 is 12.0 Å². The fourth-order valence-electron chi connectivity index (χ4n) is 0.396. The van der Waals surface area contributed by atoms with E-state index in [0.717, 1.165) is 0 Å². The summed E-state index contributed by atoms with van der Waals surface area (Å²) in [5.74, 6) is -1.01. The van der Waals surface area contributed by atoms with Crippen LogP contribution in [-0.2, 0) is 4.79 Å². The Kier molecular flexibility index (Phi) is 3.93. The lowest BCUT2D eigenvalue weighted by molar-refractivity contribution is -0.140. The average molecular weight is 172 g/mol. The highest BCUT2D eigenvalue weighted by Gasteiger charge is 2.20. The highest BCUT2D eigenvalue weighted by atomic mass is 35.5. The van der Waals surface area contributed by atoms with Crippen LogP contribution in [0, 0.1) is 0 Å². The molecule has 54 valence electrons. The maximum absolute atomic E-state index is 10.2. The lowest BCUT2D eigenvalue weighted by Gasteiger charge is -2.10. The summed E-state index contributed by atoms with van der Waals surface area (Å²) in [6.45, 7) is 1.69. The fourth-order valence-corrected chi connectivity index (χ4v) is 0.839. The molecule has 3 nitrogen and oxygen atoms in total. The Morgan fingerprint density at radius 3 is 2.22 bits per heavy atom. The average Bonchev–Trinajstić information content (AvgIpc) is 1.64. The van der Waals surface area contributed by atoms with Crippen molar-refractivity contribution in [2.45, 2.75) is 19.4 Å². The Morgan fingerprint density at radius 2 is 2.22 bits per heavy atom. The highest BCUT2D eigenvalue weighted by Crippen LogP contribution is 2.09. The number of nitrogens with zero attached hydrogens (tertiary/aromatic N) is 1. The van der Waals surface area contributed by atoms with Crippen LogP contribution in [0.4, 0.5) is 0 Å². The number of hydrogen-bond acceptors (Lipinski definition) is 2. The first kappa shape index (κ1) is 9.01. The van der Waals surface area contributed by atoms with Crippen LogP contribution in [0.25, 0.3) is 0 Å². The molecule has 0 aromatic carbocycles. The summed E-state index contributed by atoms with van der Waals surface area (Å²) in [6.07, 6.45) is 0.391. The van der Waals surface area contributed by atoms with Gasteiger partial charge in [0.1, 0.15) is 6.04 Å². The lowest BCUT2D eigenvalue weighted by atomic mass is 10.2. The van der Waals surface area contributed by atoms with E-state index in [1.807, 2.05) is 0 Å². The van der Waals surface area contributed by atoms with E-state index >= 15 is 0 Å². The topological polar surface area (TPSA) is 40.5 Å². The Morgan fingerprint density at radius 1 is 1.78 bits per heavy atom. The van der Waals surface area contributed by atoms with Gasteiger partial charge in [-0.2, -0.15) is 0 Å². The monoisotopic (exact) mass is 171 g/mol. The number of halogens is 2. The van der Waals surface area contributed by atoms with Crippen LogP contribution >= 0.6 is 23.6 Å². The second-order valence-electron chi connectivity index (χ2n) is 1.52. The largest absolute Gasteiger partial charge is 0.480 e. The molecule has 0 saturated heterocycles. The first-order valence-corrected chi connectivity index (χ1v) is 3.10. The van der Waals surface area contributed by atoms with Crippen LogP contribution < -0.4 is 0 Å². The van der Waals surface area contributed by atoms with Crippen LogP contribution in [0.1, 0.15) is 13.3 Å². The van der Waals surface area contributed by atoms with E-state index in [1.54, 1.807) is 6.92 Å². The van der Waals surface area contributed by atoms with Crippen molar-refractivity contribution < 1.29 is 9.90 Å². The molecule has 0 aromatic heterocycles. The quantitative estimate of drug-likeness (QED) is 0.655. The molecule has 0 radical (unpaired) electrons. The van der Waals surface area contributed by atoms with Crippen molar-refractivity contribution in [2.75, 3.05) is 0 Å². The van der Waals surface area contributed by atoms with Crippen molar-refractivity contribution in [1.82, 2.24) is 3.94 Å². The van der Waals surface area contributed by atoms with Gasteiger partial charge in [-0.05, 0) is 30.0 Å². The summed E-state index contributed by atoms with van der Waals surface area (Å²) in [6, 6.07) is -0.798. The molecule has 0 amide bonds. The zero-order valence-corrected chi connectivity index (χ0v) is 6.35. The molecule has 0 aromatic rings. The number of carbonyl (C=O) groups is 1. The van der Waals surface area contributed by atoms with Gasteiger partial charge in [0.15, 0.2) is 0 Å². The van der Waals surface area contributed by atoms with E-state index in [0.29, 0.717) is 10.4 Å². The van der Waals surface area contributed by atoms with Crippen molar-refractivity contribution in [3.05, 3.63) is 0 Å². The molecule has 1 N–H and O–H groups in total. The maximum Gasteiger partial charge on any atom is 0.323 e. The molecule has 0 heterocycles. The smallest absolute Gasteiger partial charge is 0.323 e. The van der Waals surface area contributed by atoms with Crippen LogP contribution in [0.5, 0.6) is 0 Å². The molecular weight excluding hydrogens is 165 g/mol. The molecule has 1 atom stereocenters. The van der Waals surface area contributed by atoms with Gasteiger partial charge in [-0.1, -0.05) is 6.92 Å². The summed E-state index contributed by atoms with van der Waals surface area (Å²) in [5, 5.41) is 8.33.